The van der Waals surface area contributed by atoms with Crippen molar-refractivity contribution >= 4 is 17.2 Å². The molecule has 1 aromatic carbocycles. The second kappa shape index (κ2) is 4.96. The SMILES string of the molecule is C/C=C1\CN2[C@H]3C[C@H]1[C@@H](C=O)[C@@H]2Cc1c3[nH]c2c(OC)cccc12. The Balaban J connectivity index is 1.70. The highest BCUT2D eigenvalue weighted by atomic mass is 16.5. The molecule has 5 atom stereocenters. The molecule has 5 heterocycles. The smallest absolute Gasteiger partial charge is 0.142 e. The van der Waals surface area contributed by atoms with Crippen molar-refractivity contribution in [3.63, 3.8) is 0 Å². The van der Waals surface area contributed by atoms with Gasteiger partial charge in [-0.25, -0.2) is 0 Å². The number of fused-ring (bicyclic) bond motifs is 4. The van der Waals surface area contributed by atoms with Gasteiger partial charge in [-0.2, -0.15) is 0 Å². The number of nitrogens with zero attached hydrogens (tertiary/aromatic N) is 1. The number of allylic oxidation sites excluding steroid dienone is 1. The number of ether oxygens (including phenoxy) is 1. The van der Waals surface area contributed by atoms with Gasteiger partial charge in [-0.1, -0.05) is 23.8 Å². The van der Waals surface area contributed by atoms with E-state index in [-0.39, 0.29) is 5.92 Å². The van der Waals surface area contributed by atoms with Gasteiger partial charge in [0.25, 0.3) is 0 Å². The predicted molar refractivity (Wildman–Crippen MR) is 93.2 cm³/mol. The number of para-hydroxylation sites is 1. The van der Waals surface area contributed by atoms with E-state index in [4.69, 9.17) is 4.74 Å². The van der Waals surface area contributed by atoms with Crippen molar-refractivity contribution in [3.05, 3.63) is 41.1 Å². The van der Waals surface area contributed by atoms with Crippen LogP contribution in [0.4, 0.5) is 0 Å². The van der Waals surface area contributed by atoms with Crippen molar-refractivity contribution < 1.29 is 9.53 Å². The van der Waals surface area contributed by atoms with Gasteiger partial charge in [0, 0.05) is 29.6 Å². The third-order valence-electron chi connectivity index (χ3n) is 6.48. The molecule has 4 nitrogen and oxygen atoms in total. The van der Waals surface area contributed by atoms with Gasteiger partial charge in [-0.3, -0.25) is 4.90 Å². The number of carbonyl (C=O) groups is 1. The van der Waals surface area contributed by atoms with Gasteiger partial charge in [0.1, 0.15) is 12.0 Å². The number of aldehydes is 1. The lowest BCUT2D eigenvalue weighted by Gasteiger charge is -2.57. The first-order chi connectivity index (χ1) is 11.8. The molecule has 0 radical (unpaired) electrons. The summed E-state index contributed by atoms with van der Waals surface area (Å²) in [5.41, 5.74) is 5.28. The second-order valence-corrected chi connectivity index (χ2v) is 7.28. The Hall–Kier alpha value is -2.07. The van der Waals surface area contributed by atoms with Crippen molar-refractivity contribution in [2.24, 2.45) is 11.8 Å². The average molecular weight is 322 g/mol. The maximum Gasteiger partial charge on any atom is 0.142 e. The normalized spacial score (nSPS) is 35.2. The molecule has 0 spiro atoms. The number of aromatic nitrogens is 1. The number of rotatable bonds is 2. The molecule has 4 aliphatic rings. The lowest BCUT2D eigenvalue weighted by atomic mass is 9.64. The lowest BCUT2D eigenvalue weighted by molar-refractivity contribution is -0.121. The third-order valence-corrected chi connectivity index (χ3v) is 6.48. The molecule has 1 N–H and O–H groups in total. The summed E-state index contributed by atoms with van der Waals surface area (Å²) in [6.07, 6.45) is 5.43. The third kappa shape index (κ3) is 1.64. The van der Waals surface area contributed by atoms with Crippen LogP contribution in [0.1, 0.15) is 30.6 Å². The summed E-state index contributed by atoms with van der Waals surface area (Å²) in [6.45, 7) is 3.11. The number of carbonyl (C=O) groups excluding carboxylic acids is 1. The molecule has 4 heteroatoms. The molecule has 24 heavy (non-hydrogen) atoms. The lowest BCUT2D eigenvalue weighted by Crippen LogP contribution is -2.60. The fraction of sp³-hybridized carbons (Fsp3) is 0.450. The van der Waals surface area contributed by atoms with Gasteiger partial charge >= 0.3 is 0 Å². The summed E-state index contributed by atoms with van der Waals surface area (Å²) in [6, 6.07) is 6.99. The van der Waals surface area contributed by atoms with Crippen molar-refractivity contribution in [2.45, 2.75) is 31.8 Å². The fourth-order valence-corrected chi connectivity index (χ4v) is 5.39. The van der Waals surface area contributed by atoms with Crippen molar-refractivity contribution in [1.29, 1.82) is 0 Å². The van der Waals surface area contributed by atoms with E-state index in [9.17, 15) is 4.79 Å². The fourth-order valence-electron chi connectivity index (χ4n) is 5.39. The Bertz CT molecular complexity index is 866. The minimum Gasteiger partial charge on any atom is -0.495 e. The highest BCUT2D eigenvalue weighted by Gasteiger charge is 2.52. The van der Waals surface area contributed by atoms with Crippen LogP contribution in [0.5, 0.6) is 5.75 Å². The van der Waals surface area contributed by atoms with Gasteiger partial charge in [-0.15, -0.1) is 0 Å². The molecule has 3 fully saturated rings. The van der Waals surface area contributed by atoms with Crippen molar-refractivity contribution in [2.75, 3.05) is 13.7 Å². The standard InChI is InChI=1S/C20H22N2O2/c1-3-11-9-22-16-8-14-12-5-4-6-18(24-2)20(12)21-19(14)17(22)7-13(11)15(16)10-23/h3-6,10,13,15-17,21H,7-9H2,1-2H3/b11-3+/t13-,15-,16+,17+/m1/s1. The van der Waals surface area contributed by atoms with E-state index in [0.717, 1.165) is 30.7 Å². The monoisotopic (exact) mass is 322 g/mol. The van der Waals surface area contributed by atoms with Gasteiger partial charge < -0.3 is 14.5 Å². The first kappa shape index (κ1) is 14.3. The number of hydrogen-bond acceptors (Lipinski definition) is 3. The van der Waals surface area contributed by atoms with E-state index in [1.165, 1.54) is 28.5 Å². The van der Waals surface area contributed by atoms with Gasteiger partial charge in [0.2, 0.25) is 0 Å². The van der Waals surface area contributed by atoms with Crippen LogP contribution in [0.3, 0.4) is 0 Å². The molecule has 6 rings (SSSR count). The molecule has 4 aliphatic heterocycles. The first-order valence-electron chi connectivity index (χ1n) is 8.80. The number of methoxy groups -OCH3 is 1. The molecule has 0 amide bonds. The Morgan fingerprint density at radius 3 is 3.00 bits per heavy atom. The molecule has 0 saturated carbocycles. The number of nitrogens with one attached hydrogen (secondary N) is 1. The zero-order valence-electron chi connectivity index (χ0n) is 14.1. The van der Waals surface area contributed by atoms with Gasteiger partial charge in [-0.05, 0) is 37.3 Å². The number of piperidine rings is 3. The molecule has 4 bridgehead atoms. The molecular formula is C20H22N2O2. The Morgan fingerprint density at radius 1 is 1.38 bits per heavy atom. The van der Waals surface area contributed by atoms with E-state index >= 15 is 0 Å². The zero-order chi connectivity index (χ0) is 16.4. The van der Waals surface area contributed by atoms with Gasteiger partial charge in [0.05, 0.1) is 18.7 Å². The molecule has 1 aromatic heterocycles. The first-order valence-corrected chi connectivity index (χ1v) is 8.80. The average Bonchev–Trinajstić information content (AvgIpc) is 3.00. The summed E-state index contributed by atoms with van der Waals surface area (Å²) >= 11 is 0. The van der Waals surface area contributed by atoms with Crippen LogP contribution in [-0.4, -0.2) is 35.9 Å². The molecule has 3 saturated heterocycles. The minimum atomic E-state index is 0.130. The molecule has 0 aliphatic carbocycles. The van der Waals surface area contributed by atoms with E-state index in [0.29, 0.717) is 18.0 Å². The molecular weight excluding hydrogens is 300 g/mol. The minimum absolute atomic E-state index is 0.130. The highest BCUT2D eigenvalue weighted by Crippen LogP contribution is 2.53. The summed E-state index contributed by atoms with van der Waals surface area (Å²) in [7, 11) is 1.72. The van der Waals surface area contributed by atoms with Gasteiger partial charge in [0.15, 0.2) is 0 Å². The second-order valence-electron chi connectivity index (χ2n) is 7.28. The maximum atomic E-state index is 11.8. The van der Waals surface area contributed by atoms with E-state index < -0.39 is 0 Å². The highest BCUT2D eigenvalue weighted by molar-refractivity contribution is 5.90. The number of hydrogen-bond donors (Lipinski definition) is 1. The van der Waals surface area contributed by atoms with Crippen LogP contribution < -0.4 is 4.74 Å². The quantitative estimate of drug-likeness (QED) is 0.682. The van der Waals surface area contributed by atoms with Crippen LogP contribution in [0.15, 0.2) is 29.8 Å². The molecule has 124 valence electrons. The van der Waals surface area contributed by atoms with Crippen LogP contribution >= 0.6 is 0 Å². The summed E-state index contributed by atoms with van der Waals surface area (Å²) < 4.78 is 5.55. The van der Waals surface area contributed by atoms with Crippen LogP contribution in [-0.2, 0) is 11.2 Å². The summed E-state index contributed by atoms with van der Waals surface area (Å²) in [5, 5.41) is 1.26. The topological polar surface area (TPSA) is 45.3 Å². The van der Waals surface area contributed by atoms with Crippen LogP contribution in [0.2, 0.25) is 0 Å². The Labute approximate surface area is 141 Å². The Morgan fingerprint density at radius 2 is 2.25 bits per heavy atom. The molecule has 2 aromatic rings. The van der Waals surface area contributed by atoms with Crippen LogP contribution in [0, 0.1) is 11.8 Å². The van der Waals surface area contributed by atoms with Crippen molar-refractivity contribution in [1.82, 2.24) is 9.88 Å². The van der Waals surface area contributed by atoms with E-state index in [2.05, 4.69) is 35.0 Å². The van der Waals surface area contributed by atoms with E-state index in [1.54, 1.807) is 7.11 Å². The molecule has 1 unspecified atom stereocenters. The Kier molecular flexibility index (Phi) is 2.95. The number of aromatic amines is 1. The predicted octanol–water partition coefficient (Wildman–Crippen LogP) is 3.24. The van der Waals surface area contributed by atoms with Crippen LogP contribution in [0.25, 0.3) is 10.9 Å². The van der Waals surface area contributed by atoms with E-state index in [1.807, 2.05) is 6.07 Å². The summed E-state index contributed by atoms with van der Waals surface area (Å²) in [5.74, 6) is 1.44. The maximum absolute atomic E-state index is 11.8. The number of benzene rings is 1. The largest absolute Gasteiger partial charge is 0.495 e. The number of H-pyrrole nitrogens is 1. The zero-order valence-corrected chi connectivity index (χ0v) is 14.1. The summed E-state index contributed by atoms with van der Waals surface area (Å²) in [4.78, 5) is 18.1. The van der Waals surface area contributed by atoms with Crippen molar-refractivity contribution in [3.8, 4) is 5.75 Å².